The predicted octanol–water partition coefficient (Wildman–Crippen LogP) is 5.65. The molecular weight excluding hydrogens is 419 g/mol. The van der Waals surface area contributed by atoms with E-state index in [1.165, 1.54) is 11.8 Å². The van der Waals surface area contributed by atoms with Crippen molar-refractivity contribution in [2.75, 3.05) is 0 Å². The first-order valence-electron chi connectivity index (χ1n) is 6.51. The molecule has 1 heterocycles. The highest BCUT2D eigenvalue weighted by Gasteiger charge is 2.24. The van der Waals surface area contributed by atoms with Crippen LogP contribution in [0, 0.1) is 0 Å². The van der Waals surface area contributed by atoms with Crippen molar-refractivity contribution in [1.29, 1.82) is 0 Å². The van der Waals surface area contributed by atoms with E-state index in [2.05, 4.69) is 26.2 Å². The number of hydrogen-bond donors (Lipinski definition) is 1. The molecule has 1 fully saturated rings. The molecule has 0 bridgehead atoms. The van der Waals surface area contributed by atoms with E-state index in [1.54, 1.807) is 24.3 Å². The Labute approximate surface area is 155 Å². The first-order chi connectivity index (χ1) is 11.0. The topological polar surface area (TPSA) is 41.5 Å². The van der Waals surface area contributed by atoms with E-state index in [1.807, 2.05) is 24.3 Å². The number of thioether (sulfide) groups is 1. The van der Waals surface area contributed by atoms with Crippen LogP contribution in [0.15, 0.2) is 56.8 Å². The fourth-order valence-corrected chi connectivity index (χ4v) is 3.43. The molecule has 2 aromatic rings. The smallest absolute Gasteiger partial charge is 0.264 e. The molecule has 7 heteroatoms. The molecule has 1 N–H and O–H groups in total. The number of amidine groups is 1. The SMILES string of the molecule is O=C1NC(=Nc2ccc(Br)cc2)S/C1=C\c1ccc(Cl)cc1Cl. The van der Waals surface area contributed by atoms with Crippen LogP contribution < -0.4 is 5.32 Å². The van der Waals surface area contributed by atoms with Crippen molar-refractivity contribution in [3.05, 3.63) is 67.5 Å². The first-order valence-corrected chi connectivity index (χ1v) is 8.88. The van der Waals surface area contributed by atoms with Crippen molar-refractivity contribution in [3.63, 3.8) is 0 Å². The normalized spacial score (nSPS) is 17.8. The number of hydrogen-bond acceptors (Lipinski definition) is 3. The maximum atomic E-state index is 12.1. The summed E-state index contributed by atoms with van der Waals surface area (Å²) in [4.78, 5) is 17.0. The van der Waals surface area contributed by atoms with Gasteiger partial charge in [0.05, 0.1) is 10.6 Å². The van der Waals surface area contributed by atoms with E-state index < -0.39 is 0 Å². The zero-order valence-corrected chi connectivity index (χ0v) is 15.4. The Morgan fingerprint density at radius 3 is 2.57 bits per heavy atom. The summed E-state index contributed by atoms with van der Waals surface area (Å²) >= 11 is 16.7. The van der Waals surface area contributed by atoms with E-state index in [0.717, 1.165) is 15.7 Å². The fourth-order valence-electron chi connectivity index (χ4n) is 1.87. The van der Waals surface area contributed by atoms with Crippen LogP contribution in [-0.2, 0) is 4.79 Å². The number of halogens is 3. The number of carbonyl (C=O) groups excluding carboxylic acids is 1. The number of carbonyl (C=O) groups is 1. The molecule has 2 aromatic carbocycles. The second-order valence-electron chi connectivity index (χ2n) is 4.62. The van der Waals surface area contributed by atoms with Crippen molar-refractivity contribution in [2.45, 2.75) is 0 Å². The van der Waals surface area contributed by atoms with E-state index in [4.69, 9.17) is 23.2 Å². The zero-order valence-electron chi connectivity index (χ0n) is 11.5. The number of rotatable bonds is 2. The third-order valence-electron chi connectivity index (χ3n) is 2.96. The third-order valence-corrected chi connectivity index (χ3v) is 4.96. The molecule has 0 unspecified atom stereocenters. The molecule has 0 radical (unpaired) electrons. The lowest BCUT2D eigenvalue weighted by Gasteiger charge is -1.99. The van der Waals surface area contributed by atoms with Gasteiger partial charge in [-0.2, -0.15) is 0 Å². The summed E-state index contributed by atoms with van der Waals surface area (Å²) in [6.45, 7) is 0. The van der Waals surface area contributed by atoms with Crippen molar-refractivity contribution in [2.24, 2.45) is 4.99 Å². The number of aliphatic imine (C=N–C) groups is 1. The van der Waals surface area contributed by atoms with Gasteiger partial charge in [-0.3, -0.25) is 4.79 Å². The predicted molar refractivity (Wildman–Crippen MR) is 101 cm³/mol. The van der Waals surface area contributed by atoms with Gasteiger partial charge in [0.25, 0.3) is 5.91 Å². The molecule has 0 aliphatic carbocycles. The molecule has 0 aromatic heterocycles. The molecule has 0 spiro atoms. The molecule has 23 heavy (non-hydrogen) atoms. The summed E-state index contributed by atoms with van der Waals surface area (Å²) in [5.74, 6) is -0.197. The molecule has 1 aliphatic rings. The van der Waals surface area contributed by atoms with Gasteiger partial charge in [-0.1, -0.05) is 45.2 Å². The van der Waals surface area contributed by atoms with Gasteiger partial charge in [-0.15, -0.1) is 0 Å². The molecule has 3 nitrogen and oxygen atoms in total. The number of nitrogens with one attached hydrogen (secondary N) is 1. The lowest BCUT2D eigenvalue weighted by atomic mass is 10.2. The fraction of sp³-hybridized carbons (Fsp3) is 0. The Balaban J connectivity index is 1.84. The summed E-state index contributed by atoms with van der Waals surface area (Å²) in [6, 6.07) is 12.7. The maximum absolute atomic E-state index is 12.1. The summed E-state index contributed by atoms with van der Waals surface area (Å²) in [6.07, 6.45) is 1.72. The molecule has 1 saturated heterocycles. The average Bonchev–Trinajstić information content (AvgIpc) is 2.84. The number of benzene rings is 2. The zero-order chi connectivity index (χ0) is 16.4. The van der Waals surface area contributed by atoms with E-state index in [9.17, 15) is 4.79 Å². The highest BCUT2D eigenvalue weighted by Crippen LogP contribution is 2.31. The van der Waals surface area contributed by atoms with Gasteiger partial charge in [-0.25, -0.2) is 4.99 Å². The Bertz CT molecular complexity index is 834. The number of nitrogens with zero attached hydrogens (tertiary/aromatic N) is 1. The minimum absolute atomic E-state index is 0.197. The van der Waals surface area contributed by atoms with Crippen LogP contribution in [0.5, 0.6) is 0 Å². The Hall–Kier alpha value is -1.27. The van der Waals surface area contributed by atoms with Crippen LogP contribution >= 0.6 is 50.9 Å². The third kappa shape index (κ3) is 4.18. The summed E-state index contributed by atoms with van der Waals surface area (Å²) in [5, 5.41) is 4.33. The van der Waals surface area contributed by atoms with Gasteiger partial charge in [-0.05, 0) is 59.8 Å². The average molecular weight is 428 g/mol. The lowest BCUT2D eigenvalue weighted by Crippen LogP contribution is -2.19. The molecule has 3 rings (SSSR count). The van der Waals surface area contributed by atoms with Gasteiger partial charge in [0.2, 0.25) is 0 Å². The van der Waals surface area contributed by atoms with Crippen LogP contribution in [-0.4, -0.2) is 11.1 Å². The van der Waals surface area contributed by atoms with Gasteiger partial charge in [0.1, 0.15) is 0 Å². The summed E-state index contributed by atoms with van der Waals surface area (Å²) in [7, 11) is 0. The molecule has 1 aliphatic heterocycles. The van der Waals surface area contributed by atoms with Crippen molar-refractivity contribution in [3.8, 4) is 0 Å². The van der Waals surface area contributed by atoms with Crippen molar-refractivity contribution in [1.82, 2.24) is 5.32 Å². The highest BCUT2D eigenvalue weighted by molar-refractivity contribution is 9.10. The van der Waals surface area contributed by atoms with Gasteiger partial charge in [0.15, 0.2) is 5.17 Å². The quantitative estimate of drug-likeness (QED) is 0.629. The Morgan fingerprint density at radius 2 is 1.87 bits per heavy atom. The Morgan fingerprint density at radius 1 is 1.13 bits per heavy atom. The first kappa shape index (κ1) is 16.6. The second kappa shape index (κ2) is 7.09. The lowest BCUT2D eigenvalue weighted by molar-refractivity contribution is -0.115. The van der Waals surface area contributed by atoms with E-state index in [-0.39, 0.29) is 5.91 Å². The maximum Gasteiger partial charge on any atom is 0.264 e. The molecule has 0 saturated carbocycles. The summed E-state index contributed by atoms with van der Waals surface area (Å²) in [5.41, 5.74) is 1.50. The Kier molecular flexibility index (Phi) is 5.11. The minimum Gasteiger partial charge on any atom is -0.300 e. The molecule has 0 atom stereocenters. The van der Waals surface area contributed by atoms with Crippen LogP contribution in [0.3, 0.4) is 0 Å². The van der Waals surface area contributed by atoms with E-state index >= 15 is 0 Å². The van der Waals surface area contributed by atoms with Gasteiger partial charge >= 0.3 is 0 Å². The van der Waals surface area contributed by atoms with Gasteiger partial charge < -0.3 is 5.32 Å². The molecule has 1 amide bonds. The van der Waals surface area contributed by atoms with E-state index in [0.29, 0.717) is 20.1 Å². The molecule has 116 valence electrons. The summed E-state index contributed by atoms with van der Waals surface area (Å²) < 4.78 is 0.975. The van der Waals surface area contributed by atoms with Gasteiger partial charge in [0, 0.05) is 14.5 Å². The largest absolute Gasteiger partial charge is 0.300 e. The minimum atomic E-state index is -0.197. The van der Waals surface area contributed by atoms with Crippen LogP contribution in [0.4, 0.5) is 5.69 Å². The van der Waals surface area contributed by atoms with Crippen molar-refractivity contribution >= 4 is 73.7 Å². The molecular formula is C16H9BrCl2N2OS. The van der Waals surface area contributed by atoms with Crippen LogP contribution in [0.2, 0.25) is 10.0 Å². The van der Waals surface area contributed by atoms with Crippen LogP contribution in [0.1, 0.15) is 5.56 Å². The van der Waals surface area contributed by atoms with Crippen molar-refractivity contribution < 1.29 is 4.79 Å². The van der Waals surface area contributed by atoms with Crippen LogP contribution in [0.25, 0.3) is 6.08 Å². The second-order valence-corrected chi connectivity index (χ2v) is 7.41. The number of amides is 1. The standard InChI is InChI=1S/C16H9BrCl2N2OS/c17-10-2-5-12(6-3-10)20-16-21-15(22)14(23-16)7-9-1-4-11(18)8-13(9)19/h1-8H,(H,20,21,22)/b14-7-. The monoisotopic (exact) mass is 426 g/mol. The highest BCUT2D eigenvalue weighted by atomic mass is 79.9.